The van der Waals surface area contributed by atoms with E-state index in [1.165, 1.54) is 31.2 Å². The smallest absolute Gasteiger partial charge is 0.344 e. The van der Waals surface area contributed by atoms with Crippen molar-refractivity contribution >= 4 is 22.5 Å². The summed E-state index contributed by atoms with van der Waals surface area (Å²) in [6.45, 7) is 3.34. The number of esters is 1. The summed E-state index contributed by atoms with van der Waals surface area (Å²) in [6.07, 6.45) is 0. The molecule has 1 atom stereocenters. The number of carbonyl (C=O) groups excluding carboxylic acids is 1. The Bertz CT molecular complexity index is 737. The highest BCUT2D eigenvalue weighted by Crippen LogP contribution is 2.25. The fourth-order valence-corrected chi connectivity index (χ4v) is 2.83. The molecule has 0 saturated heterocycles. The van der Waals surface area contributed by atoms with E-state index in [9.17, 15) is 19.1 Å². The van der Waals surface area contributed by atoms with E-state index >= 15 is 0 Å². The summed E-state index contributed by atoms with van der Waals surface area (Å²) in [5.74, 6) is -0.675. The van der Waals surface area contributed by atoms with Gasteiger partial charge in [0.2, 0.25) is 5.09 Å². The fourth-order valence-electron chi connectivity index (χ4n) is 1.71. The average molecular weight is 324 g/mol. The third kappa shape index (κ3) is 3.03. The number of aryl methyl sites for hydroxylation is 1. The predicted molar refractivity (Wildman–Crippen MR) is 75.0 cm³/mol. The van der Waals surface area contributed by atoms with E-state index < -0.39 is 21.7 Å². The monoisotopic (exact) mass is 324 g/mol. The highest BCUT2D eigenvalue weighted by molar-refractivity contribution is 7.85. The van der Waals surface area contributed by atoms with Gasteiger partial charge in [-0.05, 0) is 26.0 Å². The van der Waals surface area contributed by atoms with Crippen LogP contribution in [0.5, 0.6) is 0 Å². The van der Waals surface area contributed by atoms with Gasteiger partial charge in [-0.15, -0.1) is 0 Å². The third-order valence-electron chi connectivity index (χ3n) is 2.74. The van der Waals surface area contributed by atoms with Crippen LogP contribution in [0, 0.1) is 17.0 Å². The first-order chi connectivity index (χ1) is 10.5. The molecule has 0 fully saturated rings. The van der Waals surface area contributed by atoms with Gasteiger partial charge in [-0.1, -0.05) is 5.16 Å². The second kappa shape index (κ2) is 6.48. The summed E-state index contributed by atoms with van der Waals surface area (Å²) in [5.41, 5.74) is 0.155. The molecular formula is C13H12N2O6S. The number of nitro benzene ring substituents is 1. The zero-order valence-corrected chi connectivity index (χ0v) is 12.6. The summed E-state index contributed by atoms with van der Waals surface area (Å²) in [7, 11) is -1.84. The molecule has 8 nitrogen and oxygen atoms in total. The molecule has 22 heavy (non-hydrogen) atoms. The second-order valence-electron chi connectivity index (χ2n) is 4.17. The molecule has 1 aromatic heterocycles. The number of aromatic nitrogens is 1. The van der Waals surface area contributed by atoms with Crippen LogP contribution in [0.2, 0.25) is 0 Å². The van der Waals surface area contributed by atoms with Crippen molar-refractivity contribution in [3.63, 3.8) is 0 Å². The Kier molecular flexibility index (Phi) is 4.66. The average Bonchev–Trinajstić information content (AvgIpc) is 2.88. The van der Waals surface area contributed by atoms with E-state index in [0.29, 0.717) is 0 Å². The number of hydrogen-bond acceptors (Lipinski definition) is 7. The topological polar surface area (TPSA) is 113 Å². The molecule has 116 valence electrons. The molecule has 0 aliphatic rings. The Morgan fingerprint density at radius 1 is 1.41 bits per heavy atom. The van der Waals surface area contributed by atoms with Crippen molar-refractivity contribution in [3.8, 4) is 0 Å². The summed E-state index contributed by atoms with van der Waals surface area (Å²) < 4.78 is 22.3. The van der Waals surface area contributed by atoms with Crippen molar-refractivity contribution in [3.05, 3.63) is 45.6 Å². The van der Waals surface area contributed by atoms with Crippen LogP contribution in [-0.4, -0.2) is 26.9 Å². The molecule has 0 spiro atoms. The van der Waals surface area contributed by atoms with Crippen molar-refractivity contribution in [2.75, 3.05) is 6.61 Å². The van der Waals surface area contributed by atoms with Gasteiger partial charge < -0.3 is 9.26 Å². The molecule has 1 heterocycles. The number of nitrogens with zero attached hydrogens (tertiary/aromatic N) is 2. The molecular weight excluding hydrogens is 312 g/mol. The van der Waals surface area contributed by atoms with Crippen LogP contribution >= 0.6 is 0 Å². The van der Waals surface area contributed by atoms with Gasteiger partial charge in [0, 0.05) is 17.0 Å². The van der Waals surface area contributed by atoms with Crippen LogP contribution in [-0.2, 0) is 15.5 Å². The molecule has 0 aliphatic heterocycles. The third-order valence-corrected chi connectivity index (χ3v) is 4.06. The first-order valence-electron chi connectivity index (χ1n) is 6.25. The molecule has 0 radical (unpaired) electrons. The Labute approximate surface area is 127 Å². The quantitative estimate of drug-likeness (QED) is 0.471. The SMILES string of the molecule is CCOC(=O)c1c(C)noc1S(=O)c1ccc([N+](=O)[O-])cc1. The maximum Gasteiger partial charge on any atom is 0.344 e. The Balaban J connectivity index is 2.37. The first kappa shape index (κ1) is 15.8. The minimum Gasteiger partial charge on any atom is -0.462 e. The van der Waals surface area contributed by atoms with Gasteiger partial charge in [0.15, 0.2) is 0 Å². The number of nitro groups is 1. The van der Waals surface area contributed by atoms with Crippen LogP contribution in [0.25, 0.3) is 0 Å². The Morgan fingerprint density at radius 3 is 2.59 bits per heavy atom. The van der Waals surface area contributed by atoms with Crippen LogP contribution < -0.4 is 0 Å². The maximum atomic E-state index is 12.5. The van der Waals surface area contributed by atoms with Crippen LogP contribution in [0.15, 0.2) is 38.8 Å². The van der Waals surface area contributed by atoms with Crippen molar-refractivity contribution in [1.82, 2.24) is 5.16 Å². The highest BCUT2D eigenvalue weighted by Gasteiger charge is 2.27. The molecule has 2 rings (SSSR count). The standard InChI is InChI=1S/C13H12N2O6S/c1-3-20-12(16)11-8(2)14-21-13(11)22(19)10-6-4-9(5-7-10)15(17)18/h4-7H,3H2,1-2H3. The number of rotatable bonds is 5. The van der Waals surface area contributed by atoms with Gasteiger partial charge in [0.1, 0.15) is 16.4 Å². The second-order valence-corrected chi connectivity index (χ2v) is 5.55. The Morgan fingerprint density at radius 2 is 2.05 bits per heavy atom. The van der Waals surface area contributed by atoms with E-state index in [1.54, 1.807) is 6.92 Å². The van der Waals surface area contributed by atoms with E-state index in [4.69, 9.17) is 9.26 Å². The lowest BCUT2D eigenvalue weighted by atomic mass is 10.3. The minimum absolute atomic E-state index is 0.0125. The van der Waals surface area contributed by atoms with Gasteiger partial charge in [0.25, 0.3) is 5.69 Å². The summed E-state index contributed by atoms with van der Waals surface area (Å²) in [4.78, 5) is 22.2. The zero-order valence-electron chi connectivity index (χ0n) is 11.8. The molecule has 0 aliphatic carbocycles. The lowest BCUT2D eigenvalue weighted by molar-refractivity contribution is -0.384. The molecule has 0 saturated carbocycles. The van der Waals surface area contributed by atoms with E-state index in [2.05, 4.69) is 5.16 Å². The molecule has 1 aromatic carbocycles. The fraction of sp³-hybridized carbons (Fsp3) is 0.231. The minimum atomic E-state index is -1.84. The molecule has 2 aromatic rings. The van der Waals surface area contributed by atoms with Gasteiger partial charge >= 0.3 is 5.97 Å². The van der Waals surface area contributed by atoms with Crippen molar-refractivity contribution in [2.24, 2.45) is 0 Å². The van der Waals surface area contributed by atoms with E-state index in [1.807, 2.05) is 0 Å². The van der Waals surface area contributed by atoms with Crippen molar-refractivity contribution in [2.45, 2.75) is 23.8 Å². The number of benzene rings is 1. The summed E-state index contributed by atoms with van der Waals surface area (Å²) >= 11 is 0. The van der Waals surface area contributed by atoms with Crippen LogP contribution in [0.3, 0.4) is 0 Å². The lowest BCUT2D eigenvalue weighted by Gasteiger charge is -2.02. The van der Waals surface area contributed by atoms with Gasteiger partial charge in [0.05, 0.1) is 17.2 Å². The van der Waals surface area contributed by atoms with Crippen LogP contribution in [0.1, 0.15) is 23.0 Å². The normalized spacial score (nSPS) is 11.9. The van der Waals surface area contributed by atoms with Gasteiger partial charge in [-0.2, -0.15) is 0 Å². The summed E-state index contributed by atoms with van der Waals surface area (Å²) in [5, 5.41) is 14.1. The number of carbonyl (C=O) groups is 1. The number of ether oxygens (including phenoxy) is 1. The zero-order chi connectivity index (χ0) is 16.3. The van der Waals surface area contributed by atoms with Crippen LogP contribution in [0.4, 0.5) is 5.69 Å². The van der Waals surface area contributed by atoms with E-state index in [-0.39, 0.29) is 33.5 Å². The molecule has 9 heteroatoms. The van der Waals surface area contributed by atoms with Gasteiger partial charge in [-0.25, -0.2) is 9.00 Å². The maximum absolute atomic E-state index is 12.5. The highest BCUT2D eigenvalue weighted by atomic mass is 32.2. The van der Waals surface area contributed by atoms with Gasteiger partial charge in [-0.3, -0.25) is 10.1 Å². The summed E-state index contributed by atoms with van der Waals surface area (Å²) in [6, 6.07) is 5.11. The first-order valence-corrected chi connectivity index (χ1v) is 7.40. The number of hydrogen-bond donors (Lipinski definition) is 0. The Hall–Kier alpha value is -2.55. The largest absolute Gasteiger partial charge is 0.462 e. The molecule has 0 N–H and O–H groups in total. The lowest BCUT2D eigenvalue weighted by Crippen LogP contribution is -2.09. The number of non-ortho nitro benzene ring substituents is 1. The van der Waals surface area contributed by atoms with Crippen molar-refractivity contribution < 1.29 is 23.2 Å². The molecule has 0 amide bonds. The molecule has 1 unspecified atom stereocenters. The van der Waals surface area contributed by atoms with Crippen molar-refractivity contribution in [1.29, 1.82) is 0 Å². The molecule has 0 bridgehead atoms. The predicted octanol–water partition coefficient (Wildman–Crippen LogP) is 2.23. The van der Waals surface area contributed by atoms with E-state index in [0.717, 1.165) is 0 Å².